The number of allylic oxidation sites excluding steroid dienone is 1. The van der Waals surface area contributed by atoms with Gasteiger partial charge < -0.3 is 14.8 Å². The Labute approximate surface area is 165 Å². The Bertz CT molecular complexity index is 865. The highest BCUT2D eigenvalue weighted by Gasteiger charge is 2.16. The van der Waals surface area contributed by atoms with Crippen molar-refractivity contribution in [2.24, 2.45) is 0 Å². The Kier molecular flexibility index (Phi) is 6.82. The Morgan fingerprint density at radius 1 is 0.929 bits per heavy atom. The van der Waals surface area contributed by atoms with Gasteiger partial charge >= 0.3 is 6.09 Å². The molecule has 0 aromatic heterocycles. The summed E-state index contributed by atoms with van der Waals surface area (Å²) in [7, 11) is 1.60. The summed E-state index contributed by atoms with van der Waals surface area (Å²) in [5, 5.41) is 5.44. The van der Waals surface area contributed by atoms with E-state index in [4.69, 9.17) is 9.47 Å². The number of hydrogen-bond donors (Lipinski definition) is 2. The average molecular weight is 382 g/mol. The molecule has 0 fully saturated rings. The number of anilines is 2. The zero-order valence-corrected chi connectivity index (χ0v) is 16.8. The number of hydrogen-bond acceptors (Lipinski definition) is 4. The van der Waals surface area contributed by atoms with E-state index in [0.29, 0.717) is 17.1 Å². The number of methoxy groups -OCH3 is 1. The van der Waals surface area contributed by atoms with Crippen molar-refractivity contribution in [3.63, 3.8) is 0 Å². The summed E-state index contributed by atoms with van der Waals surface area (Å²) >= 11 is 0. The molecule has 0 unspecified atom stereocenters. The van der Waals surface area contributed by atoms with Gasteiger partial charge in [-0.05, 0) is 63.6 Å². The summed E-state index contributed by atoms with van der Waals surface area (Å²) in [6, 6.07) is 14.3. The summed E-state index contributed by atoms with van der Waals surface area (Å²) in [6.45, 7) is 7.24. The highest BCUT2D eigenvalue weighted by molar-refractivity contribution is 6.04. The molecule has 2 aromatic rings. The molecule has 0 spiro atoms. The standard InChI is InChI=1S/C22H26N2O4/c1-15(18-8-6-7-9-19(18)27-5)14-20(25)23-16-10-12-17(13-11-16)24-21(26)28-22(2,3)4/h6-14H,1-5H3,(H,23,25)(H,24,26). The third-order valence-electron chi connectivity index (χ3n) is 3.68. The van der Waals surface area contributed by atoms with Gasteiger partial charge in [-0.15, -0.1) is 0 Å². The second-order valence-corrected chi connectivity index (χ2v) is 7.22. The van der Waals surface area contributed by atoms with Gasteiger partial charge in [-0.2, -0.15) is 0 Å². The second kappa shape index (κ2) is 9.08. The highest BCUT2D eigenvalue weighted by atomic mass is 16.6. The summed E-state index contributed by atoms with van der Waals surface area (Å²) in [6.07, 6.45) is 0.990. The first-order valence-electron chi connectivity index (χ1n) is 8.90. The van der Waals surface area contributed by atoms with Crippen LogP contribution in [0.1, 0.15) is 33.3 Å². The number of carbonyl (C=O) groups is 2. The summed E-state index contributed by atoms with van der Waals surface area (Å²) < 4.78 is 10.5. The lowest BCUT2D eigenvalue weighted by Gasteiger charge is -2.19. The number of carbonyl (C=O) groups excluding carboxylic acids is 2. The van der Waals surface area contributed by atoms with Crippen LogP contribution in [0.25, 0.3) is 5.57 Å². The van der Waals surface area contributed by atoms with Crippen LogP contribution in [-0.4, -0.2) is 24.7 Å². The highest BCUT2D eigenvalue weighted by Crippen LogP contribution is 2.25. The van der Waals surface area contributed by atoms with Crippen molar-refractivity contribution in [1.29, 1.82) is 0 Å². The Hall–Kier alpha value is -3.28. The number of amides is 2. The van der Waals surface area contributed by atoms with Gasteiger partial charge in [-0.3, -0.25) is 10.1 Å². The van der Waals surface area contributed by atoms with Crippen LogP contribution in [0.5, 0.6) is 5.75 Å². The quantitative estimate of drug-likeness (QED) is 0.707. The van der Waals surface area contributed by atoms with E-state index in [1.807, 2.05) is 31.2 Å². The zero-order valence-electron chi connectivity index (χ0n) is 16.8. The van der Waals surface area contributed by atoms with E-state index in [0.717, 1.165) is 11.1 Å². The van der Waals surface area contributed by atoms with Gasteiger partial charge in [-0.25, -0.2) is 4.79 Å². The SMILES string of the molecule is COc1ccccc1C(C)=CC(=O)Nc1ccc(NC(=O)OC(C)(C)C)cc1. The second-order valence-electron chi connectivity index (χ2n) is 7.22. The van der Waals surface area contributed by atoms with E-state index in [1.54, 1.807) is 52.1 Å². The third-order valence-corrected chi connectivity index (χ3v) is 3.68. The summed E-state index contributed by atoms with van der Waals surface area (Å²) in [4.78, 5) is 24.1. The first-order chi connectivity index (χ1) is 13.2. The number of benzene rings is 2. The predicted molar refractivity (Wildman–Crippen MR) is 112 cm³/mol. The number of ether oxygens (including phenoxy) is 2. The average Bonchev–Trinajstić information content (AvgIpc) is 2.61. The molecule has 0 saturated carbocycles. The lowest BCUT2D eigenvalue weighted by atomic mass is 10.1. The van der Waals surface area contributed by atoms with Gasteiger partial charge in [0.2, 0.25) is 5.91 Å². The van der Waals surface area contributed by atoms with Crippen molar-refractivity contribution >= 4 is 28.9 Å². The van der Waals surface area contributed by atoms with E-state index in [1.165, 1.54) is 6.08 Å². The molecule has 0 radical (unpaired) electrons. The van der Waals surface area contributed by atoms with Gasteiger partial charge in [0.25, 0.3) is 0 Å². The first kappa shape index (κ1) is 21.0. The number of rotatable bonds is 5. The summed E-state index contributed by atoms with van der Waals surface area (Å²) in [5.74, 6) is 0.456. The fraction of sp³-hybridized carbons (Fsp3) is 0.273. The third kappa shape index (κ3) is 6.46. The number of para-hydroxylation sites is 1. The minimum atomic E-state index is -0.566. The molecule has 0 aliphatic carbocycles. The molecule has 0 bridgehead atoms. The molecule has 28 heavy (non-hydrogen) atoms. The van der Waals surface area contributed by atoms with E-state index in [-0.39, 0.29) is 5.91 Å². The molecular weight excluding hydrogens is 356 g/mol. The van der Waals surface area contributed by atoms with Crippen molar-refractivity contribution < 1.29 is 19.1 Å². The van der Waals surface area contributed by atoms with Gasteiger partial charge in [0, 0.05) is 23.0 Å². The molecule has 2 N–H and O–H groups in total. The van der Waals surface area contributed by atoms with Gasteiger partial charge in [0.15, 0.2) is 0 Å². The van der Waals surface area contributed by atoms with Crippen molar-refractivity contribution in [2.45, 2.75) is 33.3 Å². The minimum absolute atomic E-state index is 0.253. The molecule has 2 aromatic carbocycles. The molecule has 6 heteroatoms. The maximum Gasteiger partial charge on any atom is 0.412 e. The van der Waals surface area contributed by atoms with Gasteiger partial charge in [-0.1, -0.05) is 18.2 Å². The van der Waals surface area contributed by atoms with Crippen molar-refractivity contribution in [3.05, 3.63) is 60.2 Å². The van der Waals surface area contributed by atoms with E-state index in [9.17, 15) is 9.59 Å². The first-order valence-corrected chi connectivity index (χ1v) is 8.90. The van der Waals surface area contributed by atoms with Crippen molar-refractivity contribution in [2.75, 3.05) is 17.7 Å². The molecular formula is C22H26N2O4. The maximum atomic E-state index is 12.3. The lowest BCUT2D eigenvalue weighted by Crippen LogP contribution is -2.27. The van der Waals surface area contributed by atoms with E-state index >= 15 is 0 Å². The van der Waals surface area contributed by atoms with Gasteiger partial charge in [0.1, 0.15) is 11.4 Å². The van der Waals surface area contributed by atoms with Crippen LogP contribution in [0, 0.1) is 0 Å². The van der Waals surface area contributed by atoms with E-state index < -0.39 is 11.7 Å². The topological polar surface area (TPSA) is 76.7 Å². The largest absolute Gasteiger partial charge is 0.496 e. The normalized spacial score (nSPS) is 11.5. The molecule has 0 atom stereocenters. The molecule has 2 rings (SSSR count). The predicted octanol–water partition coefficient (Wildman–Crippen LogP) is 5.08. The monoisotopic (exact) mass is 382 g/mol. The molecule has 6 nitrogen and oxygen atoms in total. The van der Waals surface area contributed by atoms with Crippen molar-refractivity contribution in [1.82, 2.24) is 0 Å². The molecule has 2 amide bonds. The Morgan fingerprint density at radius 2 is 1.50 bits per heavy atom. The van der Waals surface area contributed by atoms with Crippen LogP contribution in [0.3, 0.4) is 0 Å². The van der Waals surface area contributed by atoms with Crippen molar-refractivity contribution in [3.8, 4) is 5.75 Å². The number of nitrogens with one attached hydrogen (secondary N) is 2. The molecule has 148 valence electrons. The molecule has 0 aliphatic heterocycles. The lowest BCUT2D eigenvalue weighted by molar-refractivity contribution is -0.111. The molecule has 0 heterocycles. The van der Waals surface area contributed by atoms with Crippen LogP contribution >= 0.6 is 0 Å². The van der Waals surface area contributed by atoms with Crippen LogP contribution in [0.4, 0.5) is 16.2 Å². The summed E-state index contributed by atoms with van der Waals surface area (Å²) in [5.41, 5.74) is 2.27. The van der Waals surface area contributed by atoms with Crippen LogP contribution in [-0.2, 0) is 9.53 Å². The smallest absolute Gasteiger partial charge is 0.412 e. The van der Waals surface area contributed by atoms with Crippen LogP contribution < -0.4 is 15.4 Å². The fourth-order valence-electron chi connectivity index (χ4n) is 2.48. The Morgan fingerprint density at radius 3 is 2.07 bits per heavy atom. The fourth-order valence-corrected chi connectivity index (χ4v) is 2.48. The zero-order chi connectivity index (χ0) is 20.7. The maximum absolute atomic E-state index is 12.3. The van der Waals surface area contributed by atoms with Crippen LogP contribution in [0.15, 0.2) is 54.6 Å². The Balaban J connectivity index is 2.00. The van der Waals surface area contributed by atoms with Crippen LogP contribution in [0.2, 0.25) is 0 Å². The molecule has 0 aliphatic rings. The molecule has 0 saturated heterocycles. The van der Waals surface area contributed by atoms with E-state index in [2.05, 4.69) is 10.6 Å². The van der Waals surface area contributed by atoms with Gasteiger partial charge in [0.05, 0.1) is 7.11 Å². The minimum Gasteiger partial charge on any atom is -0.496 e.